The molecule has 0 amide bonds. The van der Waals surface area contributed by atoms with Crippen LogP contribution in [0.5, 0.6) is 0 Å². The Bertz CT molecular complexity index is 576. The maximum atomic E-state index is 13.5. The van der Waals surface area contributed by atoms with Gasteiger partial charge in [0.05, 0.1) is 0 Å². The summed E-state index contributed by atoms with van der Waals surface area (Å²) in [5.74, 6) is -1.67. The Hall–Kier alpha value is -1.97. The molecule has 1 unspecified atom stereocenters. The lowest BCUT2D eigenvalue weighted by Crippen LogP contribution is -2.10. The van der Waals surface area contributed by atoms with Crippen LogP contribution in [0.2, 0.25) is 0 Å². The van der Waals surface area contributed by atoms with E-state index in [0.717, 1.165) is 0 Å². The second-order valence-electron chi connectivity index (χ2n) is 4.47. The first-order valence-corrected chi connectivity index (χ1v) is 5.95. The van der Waals surface area contributed by atoms with Crippen molar-refractivity contribution in [2.45, 2.75) is 19.9 Å². The van der Waals surface area contributed by atoms with Gasteiger partial charge < -0.3 is 5.32 Å². The van der Waals surface area contributed by atoms with Gasteiger partial charge in [0.2, 0.25) is 0 Å². The van der Waals surface area contributed by atoms with E-state index < -0.39 is 17.7 Å². The lowest BCUT2D eigenvalue weighted by molar-refractivity contribution is 0.584. The first-order valence-electron chi connectivity index (χ1n) is 5.95. The molecule has 100 valence electrons. The molecule has 0 saturated heterocycles. The molecule has 1 nitrogen and oxygen atoms in total. The fourth-order valence-electron chi connectivity index (χ4n) is 1.81. The Morgan fingerprint density at radius 2 is 1.58 bits per heavy atom. The van der Waals surface area contributed by atoms with Gasteiger partial charge >= 0.3 is 0 Å². The predicted molar refractivity (Wildman–Crippen MR) is 69.5 cm³/mol. The van der Waals surface area contributed by atoms with Crippen LogP contribution in [0.25, 0.3) is 0 Å². The van der Waals surface area contributed by atoms with Crippen LogP contribution in [-0.2, 0) is 0 Å². The smallest absolute Gasteiger partial charge is 0.149 e. The maximum absolute atomic E-state index is 13.5. The first-order chi connectivity index (χ1) is 8.99. The summed E-state index contributed by atoms with van der Waals surface area (Å²) in [6, 6.07) is 7.98. The van der Waals surface area contributed by atoms with Crippen molar-refractivity contribution in [1.29, 1.82) is 0 Å². The van der Waals surface area contributed by atoms with Crippen LogP contribution in [0.1, 0.15) is 24.1 Å². The molecule has 0 heterocycles. The number of anilines is 1. The molecule has 4 heteroatoms. The zero-order valence-corrected chi connectivity index (χ0v) is 10.7. The number of nitrogens with one attached hydrogen (secondary N) is 1. The van der Waals surface area contributed by atoms with Crippen LogP contribution in [-0.4, -0.2) is 0 Å². The van der Waals surface area contributed by atoms with Gasteiger partial charge in [-0.3, -0.25) is 0 Å². The highest BCUT2D eigenvalue weighted by molar-refractivity contribution is 5.48. The number of aryl methyl sites for hydroxylation is 1. The van der Waals surface area contributed by atoms with Crippen LogP contribution in [0.4, 0.5) is 18.9 Å². The molecule has 0 aliphatic carbocycles. The molecule has 2 aromatic carbocycles. The van der Waals surface area contributed by atoms with Crippen molar-refractivity contribution in [2.75, 3.05) is 5.32 Å². The molecule has 2 aromatic rings. The molecule has 0 fully saturated rings. The molecule has 0 saturated carbocycles. The third-order valence-electron chi connectivity index (χ3n) is 3.02. The summed E-state index contributed by atoms with van der Waals surface area (Å²) >= 11 is 0. The fourth-order valence-corrected chi connectivity index (χ4v) is 1.81. The van der Waals surface area contributed by atoms with Crippen molar-refractivity contribution in [3.05, 3.63) is 65.0 Å². The van der Waals surface area contributed by atoms with E-state index in [-0.39, 0.29) is 11.5 Å². The molecule has 0 aliphatic heterocycles. The van der Waals surface area contributed by atoms with E-state index in [0.29, 0.717) is 11.1 Å². The zero-order chi connectivity index (χ0) is 14.0. The maximum Gasteiger partial charge on any atom is 0.149 e. The highest BCUT2D eigenvalue weighted by Crippen LogP contribution is 2.25. The van der Waals surface area contributed by atoms with Gasteiger partial charge in [-0.2, -0.15) is 0 Å². The number of benzene rings is 2. The Morgan fingerprint density at radius 1 is 0.947 bits per heavy atom. The van der Waals surface area contributed by atoms with E-state index in [4.69, 9.17) is 0 Å². The van der Waals surface area contributed by atoms with Gasteiger partial charge in [0.15, 0.2) is 0 Å². The number of para-hydroxylation sites is 1. The number of hydrogen-bond acceptors (Lipinski definition) is 1. The van der Waals surface area contributed by atoms with E-state index in [1.54, 1.807) is 26.0 Å². The summed E-state index contributed by atoms with van der Waals surface area (Å²) in [7, 11) is 0. The van der Waals surface area contributed by atoms with E-state index in [1.165, 1.54) is 24.3 Å². The average molecular weight is 265 g/mol. The molecule has 19 heavy (non-hydrogen) atoms. The van der Waals surface area contributed by atoms with Gasteiger partial charge in [-0.1, -0.05) is 18.2 Å². The van der Waals surface area contributed by atoms with Crippen molar-refractivity contribution < 1.29 is 13.2 Å². The Kier molecular flexibility index (Phi) is 3.79. The fraction of sp³-hybridized carbons (Fsp3) is 0.200. The van der Waals surface area contributed by atoms with E-state index in [2.05, 4.69) is 5.32 Å². The van der Waals surface area contributed by atoms with Gasteiger partial charge in [0.1, 0.15) is 23.1 Å². The molecule has 2 rings (SSSR count). The number of halogens is 3. The van der Waals surface area contributed by atoms with Crippen molar-refractivity contribution in [3.8, 4) is 0 Å². The summed E-state index contributed by atoms with van der Waals surface area (Å²) in [4.78, 5) is 0. The van der Waals surface area contributed by atoms with Crippen LogP contribution in [0, 0.1) is 24.4 Å². The molecule has 0 bridgehead atoms. The molecular weight excluding hydrogens is 251 g/mol. The Morgan fingerprint density at radius 3 is 2.16 bits per heavy atom. The summed E-state index contributed by atoms with van der Waals surface area (Å²) in [5, 5.41) is 2.72. The van der Waals surface area contributed by atoms with Gasteiger partial charge in [0.25, 0.3) is 0 Å². The summed E-state index contributed by atoms with van der Waals surface area (Å²) in [6.45, 7) is 3.38. The molecule has 0 aliphatic rings. The minimum absolute atomic E-state index is 0.198. The second kappa shape index (κ2) is 5.34. The van der Waals surface area contributed by atoms with E-state index in [1.807, 2.05) is 0 Å². The third-order valence-corrected chi connectivity index (χ3v) is 3.02. The zero-order valence-electron chi connectivity index (χ0n) is 10.7. The lowest BCUT2D eigenvalue weighted by Gasteiger charge is -2.17. The minimum Gasteiger partial charge on any atom is -0.374 e. The Labute approximate surface area is 110 Å². The summed E-state index contributed by atoms with van der Waals surface area (Å²) in [6.07, 6.45) is 0. The number of rotatable bonds is 3. The van der Waals surface area contributed by atoms with Gasteiger partial charge in [-0.05, 0) is 43.2 Å². The molecule has 1 atom stereocenters. The van der Waals surface area contributed by atoms with Gasteiger partial charge in [0, 0.05) is 6.04 Å². The first kappa shape index (κ1) is 13.5. The van der Waals surface area contributed by atoms with Crippen molar-refractivity contribution in [1.82, 2.24) is 0 Å². The Balaban J connectivity index is 2.25. The molecule has 0 spiro atoms. The minimum atomic E-state index is -0.667. The molecule has 0 radical (unpaired) electrons. The average Bonchev–Trinajstić information content (AvgIpc) is 2.37. The highest BCUT2D eigenvalue weighted by atomic mass is 19.1. The number of hydrogen-bond donors (Lipinski definition) is 1. The van der Waals surface area contributed by atoms with Crippen LogP contribution < -0.4 is 5.32 Å². The third kappa shape index (κ3) is 2.89. The quantitative estimate of drug-likeness (QED) is 0.856. The monoisotopic (exact) mass is 265 g/mol. The van der Waals surface area contributed by atoms with E-state index >= 15 is 0 Å². The van der Waals surface area contributed by atoms with Crippen LogP contribution in [0.15, 0.2) is 36.4 Å². The largest absolute Gasteiger partial charge is 0.374 e. The molecule has 1 N–H and O–H groups in total. The molecular formula is C15H14F3N. The van der Waals surface area contributed by atoms with E-state index in [9.17, 15) is 13.2 Å². The second-order valence-corrected chi connectivity index (χ2v) is 4.47. The van der Waals surface area contributed by atoms with Gasteiger partial charge in [-0.25, -0.2) is 13.2 Å². The molecule has 0 aromatic heterocycles. The van der Waals surface area contributed by atoms with Crippen molar-refractivity contribution in [3.63, 3.8) is 0 Å². The predicted octanol–water partition coefficient (Wildman–Crippen LogP) is 4.59. The summed E-state index contributed by atoms with van der Waals surface area (Å²) in [5.41, 5.74) is 0.967. The van der Waals surface area contributed by atoms with Crippen molar-refractivity contribution >= 4 is 5.69 Å². The lowest BCUT2D eigenvalue weighted by atomic mass is 10.1. The van der Waals surface area contributed by atoms with Crippen LogP contribution in [0.3, 0.4) is 0 Å². The summed E-state index contributed by atoms with van der Waals surface area (Å²) < 4.78 is 40.4. The topological polar surface area (TPSA) is 12.0 Å². The normalized spacial score (nSPS) is 12.3. The van der Waals surface area contributed by atoms with Gasteiger partial charge in [-0.15, -0.1) is 0 Å². The SMILES string of the molecule is Cc1ccc(C(C)Nc2c(F)cccc2F)cc1F. The van der Waals surface area contributed by atoms with Crippen LogP contribution >= 0.6 is 0 Å². The standard InChI is InChI=1S/C15H14F3N/c1-9-6-7-11(8-14(9)18)10(2)19-15-12(16)4-3-5-13(15)17/h3-8,10,19H,1-2H3. The highest BCUT2D eigenvalue weighted by Gasteiger charge is 2.13. The van der Waals surface area contributed by atoms with Crippen molar-refractivity contribution in [2.24, 2.45) is 0 Å².